The van der Waals surface area contributed by atoms with Crippen molar-refractivity contribution in [2.75, 3.05) is 13.1 Å². The maximum atomic E-state index is 11.7. The molecule has 3 N–H and O–H groups in total. The van der Waals surface area contributed by atoms with Crippen molar-refractivity contribution in [1.82, 2.24) is 16.0 Å². The molecule has 15 heavy (non-hydrogen) atoms. The molecule has 0 aliphatic carbocycles. The lowest BCUT2D eigenvalue weighted by Crippen LogP contribution is -2.69. The minimum Gasteiger partial charge on any atom is -0.332 e. The van der Waals surface area contributed by atoms with E-state index in [-0.39, 0.29) is 6.04 Å². The summed E-state index contributed by atoms with van der Waals surface area (Å²) in [7, 11) is 0. The summed E-state index contributed by atoms with van der Waals surface area (Å²) in [6.07, 6.45) is 0. The molecule has 6 heteroatoms. The van der Waals surface area contributed by atoms with Gasteiger partial charge in [0.05, 0.1) is 6.07 Å². The first kappa shape index (κ1) is 10.1. The quantitative estimate of drug-likeness (QED) is 0.396. The lowest BCUT2D eigenvalue weighted by molar-refractivity contribution is -0.137. The van der Waals surface area contributed by atoms with Gasteiger partial charge in [-0.2, -0.15) is 5.26 Å². The van der Waals surface area contributed by atoms with Crippen LogP contribution in [0.1, 0.15) is 6.92 Å². The second kappa shape index (κ2) is 3.29. The van der Waals surface area contributed by atoms with E-state index in [0.29, 0.717) is 13.1 Å². The minimum atomic E-state index is -1.07. The third-order valence-corrected chi connectivity index (χ3v) is 2.96. The molecule has 2 aliphatic heterocycles. The molecule has 80 valence electrons. The molecule has 2 heterocycles. The average Bonchev–Trinajstić information content (AvgIpc) is 2.47. The van der Waals surface area contributed by atoms with Crippen LogP contribution in [-0.4, -0.2) is 42.4 Å². The first-order valence-corrected chi connectivity index (χ1v) is 4.83. The minimum absolute atomic E-state index is 0.235. The summed E-state index contributed by atoms with van der Waals surface area (Å²) in [5.41, 5.74) is -1.07. The zero-order chi connectivity index (χ0) is 11.1. The number of carbonyl (C=O) groups is 2. The van der Waals surface area contributed by atoms with Crippen molar-refractivity contribution < 1.29 is 9.59 Å². The zero-order valence-electron chi connectivity index (χ0n) is 8.33. The lowest BCUT2D eigenvalue weighted by Gasteiger charge is -2.37. The van der Waals surface area contributed by atoms with Crippen LogP contribution in [0.5, 0.6) is 0 Å². The Labute approximate surface area is 87.0 Å². The van der Waals surface area contributed by atoms with Gasteiger partial charge in [-0.15, -0.1) is 0 Å². The largest absolute Gasteiger partial charge is 0.332 e. The molecule has 0 bridgehead atoms. The summed E-state index contributed by atoms with van der Waals surface area (Å²) in [5.74, 6) is -1.22. The van der Waals surface area contributed by atoms with Gasteiger partial charge in [0, 0.05) is 19.1 Å². The van der Waals surface area contributed by atoms with E-state index in [4.69, 9.17) is 5.26 Å². The maximum Gasteiger partial charge on any atom is 0.290 e. The number of nitrogens with zero attached hydrogens (tertiary/aromatic N) is 1. The number of nitrogens with one attached hydrogen (secondary N) is 3. The predicted molar refractivity (Wildman–Crippen MR) is 50.7 cm³/mol. The van der Waals surface area contributed by atoms with E-state index in [2.05, 4.69) is 16.0 Å². The first-order valence-electron chi connectivity index (χ1n) is 4.83. The van der Waals surface area contributed by atoms with Gasteiger partial charge in [0.25, 0.3) is 5.91 Å². The number of hydrogen-bond acceptors (Lipinski definition) is 5. The van der Waals surface area contributed by atoms with Crippen molar-refractivity contribution in [3.05, 3.63) is 0 Å². The van der Waals surface area contributed by atoms with Gasteiger partial charge in [0.2, 0.25) is 5.78 Å². The van der Waals surface area contributed by atoms with E-state index in [1.54, 1.807) is 0 Å². The molecule has 0 aromatic carbocycles. The van der Waals surface area contributed by atoms with Gasteiger partial charge >= 0.3 is 0 Å². The SMILES string of the molecule is C[C@H]1CNC2(CN1)C(=O)C(=O)NC2C#N. The lowest BCUT2D eigenvalue weighted by atomic mass is 9.87. The van der Waals surface area contributed by atoms with Crippen LogP contribution in [-0.2, 0) is 9.59 Å². The second-order valence-corrected chi connectivity index (χ2v) is 4.00. The highest BCUT2D eigenvalue weighted by molar-refractivity contribution is 6.42. The van der Waals surface area contributed by atoms with E-state index >= 15 is 0 Å². The number of rotatable bonds is 0. The fourth-order valence-corrected chi connectivity index (χ4v) is 1.97. The molecule has 2 unspecified atom stereocenters. The van der Waals surface area contributed by atoms with E-state index in [1.165, 1.54) is 0 Å². The molecule has 0 aromatic rings. The van der Waals surface area contributed by atoms with Crippen LogP contribution in [0.4, 0.5) is 0 Å². The second-order valence-electron chi connectivity index (χ2n) is 4.00. The summed E-state index contributed by atoms with van der Waals surface area (Å²) in [5, 5.41) is 17.4. The number of amides is 1. The number of carbonyl (C=O) groups excluding carboxylic acids is 2. The Hall–Kier alpha value is -1.45. The fraction of sp³-hybridized carbons (Fsp3) is 0.667. The van der Waals surface area contributed by atoms with E-state index in [0.717, 1.165) is 0 Å². The highest BCUT2D eigenvalue weighted by Gasteiger charge is 2.56. The van der Waals surface area contributed by atoms with Crippen molar-refractivity contribution in [2.24, 2.45) is 0 Å². The number of piperazine rings is 1. The normalized spacial score (nSPS) is 40.3. The van der Waals surface area contributed by atoms with E-state index < -0.39 is 23.3 Å². The van der Waals surface area contributed by atoms with Crippen LogP contribution in [0, 0.1) is 11.3 Å². The standard InChI is InChI=1S/C9H12N4O2/c1-5-3-12-9(4-11-5)6(2-10)13-8(15)7(9)14/h5-6,11-12H,3-4H2,1H3,(H,13,15)/t5-,6?,9?/m0/s1. The predicted octanol–water partition coefficient (Wildman–Crippen LogP) is -2.10. The van der Waals surface area contributed by atoms with Crippen LogP contribution in [0.2, 0.25) is 0 Å². The molecule has 2 fully saturated rings. The van der Waals surface area contributed by atoms with Crippen molar-refractivity contribution in [2.45, 2.75) is 24.5 Å². The van der Waals surface area contributed by atoms with Crippen LogP contribution >= 0.6 is 0 Å². The highest BCUT2D eigenvalue weighted by Crippen LogP contribution is 2.20. The number of nitriles is 1. The Morgan fingerprint density at radius 2 is 2.27 bits per heavy atom. The summed E-state index contributed by atoms with van der Waals surface area (Å²) in [6.45, 7) is 2.85. The summed E-state index contributed by atoms with van der Waals surface area (Å²) in [4.78, 5) is 22.9. The Kier molecular flexibility index (Phi) is 2.21. The van der Waals surface area contributed by atoms with Crippen LogP contribution in [0.25, 0.3) is 0 Å². The Morgan fingerprint density at radius 3 is 2.80 bits per heavy atom. The molecule has 2 saturated heterocycles. The Morgan fingerprint density at radius 1 is 1.53 bits per heavy atom. The van der Waals surface area contributed by atoms with Crippen LogP contribution in [0.3, 0.4) is 0 Å². The van der Waals surface area contributed by atoms with E-state index in [1.807, 2.05) is 13.0 Å². The Bertz CT molecular complexity index is 352. The van der Waals surface area contributed by atoms with Gasteiger partial charge in [-0.3, -0.25) is 14.9 Å². The maximum absolute atomic E-state index is 11.7. The molecule has 0 saturated carbocycles. The molecule has 2 rings (SSSR count). The highest BCUT2D eigenvalue weighted by atomic mass is 16.2. The van der Waals surface area contributed by atoms with Gasteiger partial charge in [-0.05, 0) is 6.92 Å². The molecule has 1 amide bonds. The van der Waals surface area contributed by atoms with Gasteiger partial charge in [0.15, 0.2) is 0 Å². The molecular formula is C9H12N4O2. The molecule has 1 spiro atoms. The monoisotopic (exact) mass is 208 g/mol. The van der Waals surface area contributed by atoms with Gasteiger partial charge in [0.1, 0.15) is 11.6 Å². The zero-order valence-corrected chi connectivity index (χ0v) is 8.33. The number of ketones is 1. The van der Waals surface area contributed by atoms with E-state index in [9.17, 15) is 9.59 Å². The van der Waals surface area contributed by atoms with Gasteiger partial charge in [-0.25, -0.2) is 0 Å². The topological polar surface area (TPSA) is 94.0 Å². The molecule has 0 radical (unpaired) electrons. The van der Waals surface area contributed by atoms with Crippen molar-refractivity contribution in [3.63, 3.8) is 0 Å². The Balaban J connectivity index is 2.29. The molecule has 6 nitrogen and oxygen atoms in total. The number of hydrogen-bond donors (Lipinski definition) is 3. The summed E-state index contributed by atoms with van der Waals surface area (Å²) < 4.78 is 0. The van der Waals surface area contributed by atoms with Gasteiger partial charge in [-0.1, -0.05) is 0 Å². The fourth-order valence-electron chi connectivity index (χ4n) is 1.97. The van der Waals surface area contributed by atoms with Crippen LogP contribution in [0.15, 0.2) is 0 Å². The third kappa shape index (κ3) is 1.32. The average molecular weight is 208 g/mol. The van der Waals surface area contributed by atoms with Crippen molar-refractivity contribution >= 4 is 11.7 Å². The molecule has 0 aromatic heterocycles. The smallest absolute Gasteiger partial charge is 0.290 e. The third-order valence-electron chi connectivity index (χ3n) is 2.96. The van der Waals surface area contributed by atoms with Crippen molar-refractivity contribution in [1.29, 1.82) is 5.26 Å². The molecular weight excluding hydrogens is 196 g/mol. The van der Waals surface area contributed by atoms with Gasteiger partial charge < -0.3 is 10.6 Å². The molecule has 3 atom stereocenters. The molecule has 2 aliphatic rings. The first-order chi connectivity index (χ1) is 7.10. The van der Waals surface area contributed by atoms with Crippen molar-refractivity contribution in [3.8, 4) is 6.07 Å². The summed E-state index contributed by atoms with van der Waals surface area (Å²) >= 11 is 0. The van der Waals surface area contributed by atoms with Crippen LogP contribution < -0.4 is 16.0 Å². The number of Topliss-reactive ketones (excluding diaryl/α,β-unsaturated/α-hetero) is 1. The summed E-state index contributed by atoms with van der Waals surface area (Å²) in [6, 6.07) is 1.40.